The highest BCUT2D eigenvalue weighted by atomic mass is 35.5. The summed E-state index contributed by atoms with van der Waals surface area (Å²) in [5.41, 5.74) is 6.80. The van der Waals surface area contributed by atoms with Crippen molar-refractivity contribution in [1.29, 1.82) is 0 Å². The van der Waals surface area contributed by atoms with E-state index in [9.17, 15) is 4.79 Å². The van der Waals surface area contributed by atoms with Crippen LogP contribution in [0.2, 0.25) is 5.02 Å². The summed E-state index contributed by atoms with van der Waals surface area (Å²) in [5.74, 6) is 0.000972. The standard InChI is InChI=1S/C16H24ClN3O/c1-19(2)10-11-20(12-6-3-4-7-12)16(21)13-8-5-9-14(18)15(13)17/h5,8-9,12H,3-4,6-7,10-11,18H2,1-2H3. The number of anilines is 1. The number of rotatable bonds is 5. The van der Waals surface area contributed by atoms with E-state index in [1.807, 2.05) is 19.0 Å². The first-order valence-electron chi connectivity index (χ1n) is 7.50. The smallest absolute Gasteiger partial charge is 0.255 e. The normalized spacial score (nSPS) is 15.6. The van der Waals surface area contributed by atoms with E-state index in [2.05, 4.69) is 4.90 Å². The van der Waals surface area contributed by atoms with Gasteiger partial charge in [0.25, 0.3) is 5.91 Å². The topological polar surface area (TPSA) is 49.6 Å². The van der Waals surface area contributed by atoms with Crippen LogP contribution >= 0.6 is 11.6 Å². The highest BCUT2D eigenvalue weighted by molar-refractivity contribution is 6.36. The third kappa shape index (κ3) is 3.89. The van der Waals surface area contributed by atoms with Gasteiger partial charge in [-0.15, -0.1) is 0 Å². The molecule has 2 N–H and O–H groups in total. The zero-order chi connectivity index (χ0) is 15.4. The SMILES string of the molecule is CN(C)CCN(C(=O)c1cccc(N)c1Cl)C1CCCC1. The lowest BCUT2D eigenvalue weighted by atomic mass is 10.1. The number of likely N-dealkylation sites (N-methyl/N-ethyl adjacent to an activating group) is 1. The predicted octanol–water partition coefficient (Wildman–Crippen LogP) is 2.87. The van der Waals surface area contributed by atoms with Crippen LogP contribution in [-0.4, -0.2) is 48.9 Å². The van der Waals surface area contributed by atoms with Crippen LogP contribution in [0.25, 0.3) is 0 Å². The summed E-state index contributed by atoms with van der Waals surface area (Å²) < 4.78 is 0. The third-order valence-electron chi connectivity index (χ3n) is 4.07. The van der Waals surface area contributed by atoms with Crippen molar-refractivity contribution < 1.29 is 4.79 Å². The first-order valence-corrected chi connectivity index (χ1v) is 7.88. The first-order chi connectivity index (χ1) is 10.0. The van der Waals surface area contributed by atoms with Crippen molar-refractivity contribution in [3.63, 3.8) is 0 Å². The second-order valence-corrected chi connectivity index (χ2v) is 6.33. The van der Waals surface area contributed by atoms with Gasteiger partial charge < -0.3 is 15.5 Å². The van der Waals surface area contributed by atoms with Crippen molar-refractivity contribution in [2.75, 3.05) is 32.9 Å². The van der Waals surface area contributed by atoms with E-state index in [0.717, 1.165) is 25.9 Å². The summed E-state index contributed by atoms with van der Waals surface area (Å²) in [6.45, 7) is 1.57. The molecule has 1 saturated carbocycles. The largest absolute Gasteiger partial charge is 0.398 e. The molecule has 0 spiro atoms. The van der Waals surface area contributed by atoms with E-state index in [1.165, 1.54) is 12.8 Å². The number of amides is 1. The van der Waals surface area contributed by atoms with Crippen molar-refractivity contribution in [3.8, 4) is 0 Å². The number of nitrogens with two attached hydrogens (primary N) is 1. The molecule has 4 nitrogen and oxygen atoms in total. The molecule has 0 saturated heterocycles. The number of carbonyl (C=O) groups is 1. The van der Waals surface area contributed by atoms with Crippen LogP contribution in [0.15, 0.2) is 18.2 Å². The summed E-state index contributed by atoms with van der Waals surface area (Å²) in [6, 6.07) is 5.60. The van der Waals surface area contributed by atoms with Gasteiger partial charge in [-0.25, -0.2) is 0 Å². The molecule has 1 amide bonds. The predicted molar refractivity (Wildman–Crippen MR) is 87.7 cm³/mol. The van der Waals surface area contributed by atoms with Gasteiger partial charge in [0.1, 0.15) is 0 Å². The molecule has 0 aromatic heterocycles. The van der Waals surface area contributed by atoms with Crippen LogP contribution in [-0.2, 0) is 0 Å². The van der Waals surface area contributed by atoms with Gasteiger partial charge in [0, 0.05) is 19.1 Å². The maximum atomic E-state index is 12.9. The fraction of sp³-hybridized carbons (Fsp3) is 0.562. The molecule has 1 aliphatic rings. The summed E-state index contributed by atoms with van der Waals surface area (Å²) in [6.07, 6.45) is 4.56. The van der Waals surface area contributed by atoms with Crippen LogP contribution < -0.4 is 5.73 Å². The molecule has 1 fully saturated rings. The number of hydrogen-bond acceptors (Lipinski definition) is 3. The molecule has 0 radical (unpaired) electrons. The Bertz CT molecular complexity index is 498. The minimum absolute atomic E-state index is 0.000972. The lowest BCUT2D eigenvalue weighted by Crippen LogP contribution is -2.42. The summed E-state index contributed by atoms with van der Waals surface area (Å²) in [5, 5.41) is 0.371. The molecule has 0 atom stereocenters. The van der Waals surface area contributed by atoms with Gasteiger partial charge in [-0.05, 0) is 39.1 Å². The van der Waals surface area contributed by atoms with Crippen molar-refractivity contribution in [1.82, 2.24) is 9.80 Å². The Balaban J connectivity index is 2.22. The summed E-state index contributed by atoms with van der Waals surface area (Å²) in [4.78, 5) is 17.0. The number of hydrogen-bond donors (Lipinski definition) is 1. The molecule has 1 aromatic carbocycles. The van der Waals surface area contributed by atoms with E-state index in [1.54, 1.807) is 18.2 Å². The van der Waals surface area contributed by atoms with E-state index < -0.39 is 0 Å². The molecule has 5 heteroatoms. The molecular weight excluding hydrogens is 286 g/mol. The Morgan fingerprint density at radius 1 is 1.29 bits per heavy atom. The highest BCUT2D eigenvalue weighted by Crippen LogP contribution is 2.28. The van der Waals surface area contributed by atoms with E-state index >= 15 is 0 Å². The second kappa shape index (κ2) is 7.14. The van der Waals surface area contributed by atoms with Gasteiger partial charge in [-0.1, -0.05) is 30.5 Å². The zero-order valence-corrected chi connectivity index (χ0v) is 13.6. The molecule has 0 aliphatic heterocycles. The Morgan fingerprint density at radius 2 is 1.95 bits per heavy atom. The zero-order valence-electron chi connectivity index (χ0n) is 12.8. The fourth-order valence-corrected chi connectivity index (χ4v) is 3.05. The third-order valence-corrected chi connectivity index (χ3v) is 4.50. The Hall–Kier alpha value is -1.26. The minimum atomic E-state index is 0.000972. The Kier molecular flexibility index (Phi) is 5.48. The van der Waals surface area contributed by atoms with Gasteiger partial charge >= 0.3 is 0 Å². The molecule has 2 rings (SSSR count). The van der Waals surface area contributed by atoms with Gasteiger partial charge in [0.15, 0.2) is 0 Å². The number of benzene rings is 1. The first kappa shape index (κ1) is 16.1. The molecule has 1 aromatic rings. The summed E-state index contributed by atoms with van der Waals surface area (Å²) in [7, 11) is 4.04. The minimum Gasteiger partial charge on any atom is -0.398 e. The van der Waals surface area contributed by atoms with Crippen LogP contribution in [0.1, 0.15) is 36.0 Å². The lowest BCUT2D eigenvalue weighted by Gasteiger charge is -2.30. The van der Waals surface area contributed by atoms with Crippen molar-refractivity contribution in [2.24, 2.45) is 0 Å². The maximum absolute atomic E-state index is 12.9. The van der Waals surface area contributed by atoms with Crippen molar-refractivity contribution >= 4 is 23.2 Å². The number of halogens is 1. The summed E-state index contributed by atoms with van der Waals surface area (Å²) >= 11 is 6.22. The number of carbonyl (C=O) groups excluding carboxylic acids is 1. The lowest BCUT2D eigenvalue weighted by molar-refractivity contribution is 0.0668. The Labute approximate surface area is 131 Å². The highest BCUT2D eigenvalue weighted by Gasteiger charge is 2.28. The van der Waals surface area contributed by atoms with Crippen LogP contribution in [0.3, 0.4) is 0 Å². The van der Waals surface area contributed by atoms with E-state index in [4.69, 9.17) is 17.3 Å². The van der Waals surface area contributed by atoms with Crippen LogP contribution in [0, 0.1) is 0 Å². The molecule has 116 valence electrons. The van der Waals surface area contributed by atoms with Gasteiger partial charge in [0.05, 0.1) is 16.3 Å². The molecule has 0 bridgehead atoms. The van der Waals surface area contributed by atoms with Gasteiger partial charge in [0.2, 0.25) is 0 Å². The van der Waals surface area contributed by atoms with Crippen molar-refractivity contribution in [2.45, 2.75) is 31.7 Å². The fourth-order valence-electron chi connectivity index (χ4n) is 2.84. The molecule has 21 heavy (non-hydrogen) atoms. The van der Waals surface area contributed by atoms with E-state index in [-0.39, 0.29) is 5.91 Å². The average Bonchev–Trinajstić information content (AvgIpc) is 2.95. The monoisotopic (exact) mass is 309 g/mol. The van der Waals surface area contributed by atoms with Gasteiger partial charge in [-0.2, -0.15) is 0 Å². The quantitative estimate of drug-likeness (QED) is 0.851. The molecule has 0 unspecified atom stereocenters. The number of nitrogens with zero attached hydrogens (tertiary/aromatic N) is 2. The van der Waals surface area contributed by atoms with Crippen LogP contribution in [0.5, 0.6) is 0 Å². The van der Waals surface area contributed by atoms with E-state index in [0.29, 0.717) is 22.3 Å². The Morgan fingerprint density at radius 3 is 2.57 bits per heavy atom. The maximum Gasteiger partial charge on any atom is 0.255 e. The molecule has 0 heterocycles. The van der Waals surface area contributed by atoms with Gasteiger partial charge in [-0.3, -0.25) is 4.79 Å². The van der Waals surface area contributed by atoms with Crippen LogP contribution in [0.4, 0.5) is 5.69 Å². The molecular formula is C16H24ClN3O. The second-order valence-electron chi connectivity index (χ2n) is 5.95. The average molecular weight is 310 g/mol. The molecule has 1 aliphatic carbocycles. The number of nitrogen functional groups attached to an aromatic ring is 1. The van der Waals surface area contributed by atoms with Crippen molar-refractivity contribution in [3.05, 3.63) is 28.8 Å².